The van der Waals surface area contributed by atoms with E-state index in [1.807, 2.05) is 37.8 Å². The maximum absolute atomic E-state index is 12.3. The van der Waals surface area contributed by atoms with Gasteiger partial charge in [-0.25, -0.2) is 0 Å². The topological polar surface area (TPSA) is 79.1 Å². The van der Waals surface area contributed by atoms with E-state index >= 15 is 0 Å². The smallest absolute Gasteiger partial charge is 0.248 e. The highest BCUT2D eigenvalue weighted by Crippen LogP contribution is 2.27. The van der Waals surface area contributed by atoms with Crippen LogP contribution in [0, 0.1) is 10.8 Å². The number of hydrogen-bond acceptors (Lipinski definition) is 3. The lowest BCUT2D eigenvalue weighted by atomic mass is 9.93. The van der Waals surface area contributed by atoms with Crippen molar-refractivity contribution < 1.29 is 9.90 Å². The Balaban J connectivity index is 1.98. The molecule has 1 fully saturated rings. The molecule has 0 bridgehead atoms. The van der Waals surface area contributed by atoms with Crippen LogP contribution < -0.4 is 10.2 Å². The summed E-state index contributed by atoms with van der Waals surface area (Å²) < 4.78 is 0. The molecule has 1 aliphatic heterocycles. The van der Waals surface area contributed by atoms with E-state index in [2.05, 4.69) is 5.32 Å². The minimum absolute atomic E-state index is 0.0436. The largest absolute Gasteiger partial charge is 0.596 e. The Morgan fingerprint density at radius 2 is 2.00 bits per heavy atom. The quantitative estimate of drug-likeness (QED) is 0.385. The van der Waals surface area contributed by atoms with Gasteiger partial charge in [0.25, 0.3) is 0 Å². The maximum atomic E-state index is 12.3. The first kappa shape index (κ1) is 17.3. The van der Waals surface area contributed by atoms with Crippen LogP contribution in [0.1, 0.15) is 27.2 Å². The predicted molar refractivity (Wildman–Crippen MR) is 94.2 cm³/mol. The zero-order valence-electron chi connectivity index (χ0n) is 13.6. The zero-order chi connectivity index (χ0) is 17.2. The Labute approximate surface area is 141 Å². The molecule has 1 atom stereocenters. The SMILES string of the molecule is CC(C)(C)/C([OH2+])=C/C(=N)NC(=O)[C@@H]1CCN1c1ccc(Cl)cc1. The molecular formula is C17H23ClN3O2+. The average Bonchev–Trinajstić information content (AvgIpc) is 2.38. The maximum Gasteiger partial charge on any atom is 0.248 e. The molecule has 5 nitrogen and oxygen atoms in total. The zero-order valence-corrected chi connectivity index (χ0v) is 14.4. The molecule has 124 valence electrons. The van der Waals surface area contributed by atoms with E-state index < -0.39 is 0 Å². The fourth-order valence-corrected chi connectivity index (χ4v) is 2.34. The van der Waals surface area contributed by atoms with Crippen molar-refractivity contribution in [3.8, 4) is 0 Å². The molecule has 23 heavy (non-hydrogen) atoms. The molecule has 0 aromatic heterocycles. The van der Waals surface area contributed by atoms with E-state index in [4.69, 9.17) is 22.1 Å². The molecule has 0 aliphatic carbocycles. The second-order valence-electron chi connectivity index (χ2n) is 6.69. The summed E-state index contributed by atoms with van der Waals surface area (Å²) in [5.41, 5.74) is 0.599. The van der Waals surface area contributed by atoms with Gasteiger partial charge in [0.1, 0.15) is 11.9 Å². The molecule has 0 unspecified atom stereocenters. The third-order valence-electron chi connectivity index (χ3n) is 3.84. The number of carbonyl (C=O) groups is 1. The molecule has 4 N–H and O–H groups in total. The second kappa shape index (κ2) is 6.62. The Morgan fingerprint density at radius 1 is 1.39 bits per heavy atom. The van der Waals surface area contributed by atoms with Crippen LogP contribution in [-0.2, 0) is 4.79 Å². The van der Waals surface area contributed by atoms with Crippen LogP contribution in [0.15, 0.2) is 36.1 Å². The van der Waals surface area contributed by atoms with Gasteiger partial charge >= 0.3 is 0 Å². The standard InChI is InChI=1S/C17H22ClN3O2/c1-17(2,3)14(22)10-15(19)20-16(23)13-8-9-21(13)12-6-4-11(18)5-7-12/h4-7,10,13,22H,8-9H2,1-3H3,(H2,19,20,23)/p+1/b14-10-/t13-/m0/s1. The summed E-state index contributed by atoms with van der Waals surface area (Å²) in [7, 11) is 0. The summed E-state index contributed by atoms with van der Waals surface area (Å²) in [6, 6.07) is 7.08. The molecule has 1 amide bonds. The Kier molecular flexibility index (Phi) is 5.00. The highest BCUT2D eigenvalue weighted by molar-refractivity contribution is 6.30. The second-order valence-corrected chi connectivity index (χ2v) is 7.12. The van der Waals surface area contributed by atoms with Gasteiger partial charge in [-0.15, -0.1) is 0 Å². The number of hydrogen-bond donors (Lipinski definition) is 2. The van der Waals surface area contributed by atoms with Gasteiger partial charge in [0, 0.05) is 17.3 Å². The van der Waals surface area contributed by atoms with Gasteiger partial charge in [0.05, 0.1) is 11.5 Å². The van der Waals surface area contributed by atoms with Crippen LogP contribution in [0.5, 0.6) is 0 Å². The van der Waals surface area contributed by atoms with E-state index in [1.165, 1.54) is 6.08 Å². The van der Waals surface area contributed by atoms with Crippen molar-refractivity contribution in [1.82, 2.24) is 5.32 Å². The number of nitrogens with one attached hydrogen (secondary N) is 2. The Bertz CT molecular complexity index is 632. The summed E-state index contributed by atoms with van der Waals surface area (Å²) in [4.78, 5) is 14.3. The molecular weight excluding hydrogens is 314 g/mol. The van der Waals surface area contributed by atoms with Gasteiger partial charge < -0.3 is 15.3 Å². The number of rotatable bonds is 3. The molecule has 1 aliphatic rings. The van der Waals surface area contributed by atoms with E-state index in [0.29, 0.717) is 10.8 Å². The highest BCUT2D eigenvalue weighted by atomic mass is 35.5. The summed E-state index contributed by atoms with van der Waals surface area (Å²) in [6.45, 7) is 6.49. The van der Waals surface area contributed by atoms with Crippen LogP contribution in [0.3, 0.4) is 0 Å². The van der Waals surface area contributed by atoms with Gasteiger partial charge in [-0.3, -0.25) is 10.2 Å². The van der Waals surface area contributed by atoms with Crippen molar-refractivity contribution in [2.45, 2.75) is 33.2 Å². The minimum atomic E-state index is -0.344. The van der Waals surface area contributed by atoms with Crippen molar-refractivity contribution >= 4 is 29.0 Å². The number of amidine groups is 1. The Morgan fingerprint density at radius 3 is 2.48 bits per heavy atom. The number of carbonyl (C=O) groups excluding carboxylic acids is 1. The summed E-state index contributed by atoms with van der Waals surface area (Å²) in [6.07, 6.45) is 2.14. The van der Waals surface area contributed by atoms with E-state index in [0.717, 1.165) is 18.7 Å². The van der Waals surface area contributed by atoms with Crippen molar-refractivity contribution in [3.05, 3.63) is 41.1 Å². The lowest BCUT2D eigenvalue weighted by Gasteiger charge is -2.41. The summed E-state index contributed by atoms with van der Waals surface area (Å²) >= 11 is 5.88. The average molecular weight is 337 g/mol. The van der Waals surface area contributed by atoms with Crippen LogP contribution in [0.25, 0.3) is 0 Å². The first-order chi connectivity index (χ1) is 10.7. The molecule has 6 heteroatoms. The van der Waals surface area contributed by atoms with E-state index in [-0.39, 0.29) is 23.2 Å². The lowest BCUT2D eigenvalue weighted by Crippen LogP contribution is -2.57. The van der Waals surface area contributed by atoms with Gasteiger partial charge in [-0.05, 0) is 51.5 Å². The van der Waals surface area contributed by atoms with Crippen molar-refractivity contribution in [2.24, 2.45) is 5.41 Å². The van der Waals surface area contributed by atoms with Crippen LogP contribution >= 0.6 is 11.6 Å². The van der Waals surface area contributed by atoms with Gasteiger partial charge in [0.15, 0.2) is 0 Å². The van der Waals surface area contributed by atoms with Gasteiger partial charge in [0.2, 0.25) is 11.7 Å². The number of halogens is 1. The lowest BCUT2D eigenvalue weighted by molar-refractivity contribution is -0.122. The highest BCUT2D eigenvalue weighted by Gasteiger charge is 2.34. The van der Waals surface area contributed by atoms with Crippen molar-refractivity contribution in [1.29, 1.82) is 5.41 Å². The molecule has 1 saturated heterocycles. The predicted octanol–water partition coefficient (Wildman–Crippen LogP) is 2.67. The molecule has 0 radical (unpaired) electrons. The number of anilines is 1. The fraction of sp³-hybridized carbons (Fsp3) is 0.412. The molecule has 0 spiro atoms. The van der Waals surface area contributed by atoms with Crippen LogP contribution in [-0.4, -0.2) is 29.4 Å². The summed E-state index contributed by atoms with van der Waals surface area (Å²) in [5, 5.41) is 19.0. The van der Waals surface area contributed by atoms with Crippen LogP contribution in [0.2, 0.25) is 5.02 Å². The monoisotopic (exact) mass is 336 g/mol. The van der Waals surface area contributed by atoms with Gasteiger partial charge in [-0.2, -0.15) is 0 Å². The van der Waals surface area contributed by atoms with E-state index in [9.17, 15) is 4.79 Å². The van der Waals surface area contributed by atoms with Crippen molar-refractivity contribution in [3.63, 3.8) is 0 Å². The molecule has 2 rings (SSSR count). The summed E-state index contributed by atoms with van der Waals surface area (Å²) in [5.74, 6) is 0.0537. The van der Waals surface area contributed by atoms with Gasteiger partial charge in [-0.1, -0.05) is 11.6 Å². The van der Waals surface area contributed by atoms with Crippen molar-refractivity contribution in [2.75, 3.05) is 11.4 Å². The molecule has 1 aromatic rings. The molecule has 0 saturated carbocycles. The molecule has 1 heterocycles. The first-order valence-corrected chi connectivity index (χ1v) is 7.91. The fourth-order valence-electron chi connectivity index (χ4n) is 2.21. The van der Waals surface area contributed by atoms with Crippen LogP contribution in [0.4, 0.5) is 5.69 Å². The number of nitrogens with zero attached hydrogens (tertiary/aromatic N) is 1. The third-order valence-corrected chi connectivity index (χ3v) is 4.09. The number of allylic oxidation sites excluding steroid dienone is 1. The first-order valence-electron chi connectivity index (χ1n) is 7.54. The molecule has 1 aromatic carbocycles. The number of benzene rings is 1. The normalized spacial score (nSPS) is 18.3. The number of amides is 1. The minimum Gasteiger partial charge on any atom is -0.596 e. The Hall–Kier alpha value is -2.01. The third kappa shape index (κ3) is 4.26. The van der Waals surface area contributed by atoms with E-state index in [1.54, 1.807) is 12.1 Å².